The first kappa shape index (κ1) is 14.9. The van der Waals surface area contributed by atoms with E-state index in [0.29, 0.717) is 6.54 Å². The second-order valence-electron chi connectivity index (χ2n) is 4.68. The number of likely N-dealkylation sites (N-methyl/N-ethyl adjacent to an activating group) is 1. The zero-order chi connectivity index (χ0) is 13.7. The molecule has 18 heavy (non-hydrogen) atoms. The van der Waals surface area contributed by atoms with Crippen LogP contribution in [0.25, 0.3) is 0 Å². The van der Waals surface area contributed by atoms with Gasteiger partial charge in [0.2, 0.25) is 5.88 Å². The van der Waals surface area contributed by atoms with Gasteiger partial charge in [-0.2, -0.15) is 5.10 Å². The highest BCUT2D eigenvalue weighted by Crippen LogP contribution is 2.27. The molecule has 0 saturated carbocycles. The molecule has 1 aromatic heterocycles. The number of ether oxygens (including phenoxy) is 1. The van der Waals surface area contributed by atoms with Crippen molar-refractivity contribution < 1.29 is 4.74 Å². The Morgan fingerprint density at radius 3 is 2.67 bits per heavy atom. The van der Waals surface area contributed by atoms with Crippen LogP contribution in [0.2, 0.25) is 0 Å². The number of rotatable bonds is 7. The van der Waals surface area contributed by atoms with Gasteiger partial charge in [-0.3, -0.25) is 0 Å². The molecule has 0 aliphatic carbocycles. The zero-order valence-electron chi connectivity index (χ0n) is 12.0. The van der Waals surface area contributed by atoms with E-state index in [-0.39, 0.29) is 6.04 Å². The maximum atomic E-state index is 5.85. The molecule has 0 fully saturated rings. The molecule has 0 aliphatic heterocycles. The minimum Gasteiger partial charge on any atom is -0.481 e. The van der Waals surface area contributed by atoms with Crippen molar-refractivity contribution in [2.24, 2.45) is 12.8 Å². The summed E-state index contributed by atoms with van der Waals surface area (Å²) in [5, 5.41) is 7.83. The van der Waals surface area contributed by atoms with Crippen LogP contribution in [0.3, 0.4) is 0 Å². The van der Waals surface area contributed by atoms with Crippen LogP contribution >= 0.6 is 0 Å². The Bertz CT molecular complexity index is 375. The minimum absolute atomic E-state index is 0.0774. The van der Waals surface area contributed by atoms with Crippen LogP contribution in [0.5, 0.6) is 5.88 Å². The molecule has 0 aromatic carbocycles. The van der Waals surface area contributed by atoms with Gasteiger partial charge in [-0.1, -0.05) is 0 Å². The summed E-state index contributed by atoms with van der Waals surface area (Å²) in [5.74, 6) is 0.778. The summed E-state index contributed by atoms with van der Waals surface area (Å²) >= 11 is 0. The van der Waals surface area contributed by atoms with Crippen LogP contribution in [0.4, 0.5) is 0 Å². The third-order valence-electron chi connectivity index (χ3n) is 2.94. The van der Waals surface area contributed by atoms with Crippen molar-refractivity contribution in [2.45, 2.75) is 13.0 Å². The third-order valence-corrected chi connectivity index (χ3v) is 2.94. The van der Waals surface area contributed by atoms with Crippen LogP contribution in [0.15, 0.2) is 0 Å². The normalized spacial score (nSPS) is 13.1. The number of hydrogen-bond donors (Lipinski definition) is 2. The van der Waals surface area contributed by atoms with E-state index in [1.807, 2.05) is 14.0 Å². The molecule has 0 amide bonds. The lowest BCUT2D eigenvalue weighted by atomic mass is 10.1. The van der Waals surface area contributed by atoms with Crippen LogP contribution < -0.4 is 15.8 Å². The van der Waals surface area contributed by atoms with E-state index in [1.54, 1.807) is 11.8 Å². The molecule has 0 spiro atoms. The Balaban J connectivity index is 2.81. The first-order valence-electron chi connectivity index (χ1n) is 6.16. The first-order chi connectivity index (χ1) is 8.51. The van der Waals surface area contributed by atoms with Crippen molar-refractivity contribution in [1.29, 1.82) is 0 Å². The van der Waals surface area contributed by atoms with Crippen LogP contribution in [0, 0.1) is 6.92 Å². The molecule has 0 bridgehead atoms. The largest absolute Gasteiger partial charge is 0.481 e. The molecule has 0 aliphatic rings. The first-order valence-corrected chi connectivity index (χ1v) is 6.16. The fraction of sp³-hybridized carbons (Fsp3) is 0.750. The average molecular weight is 255 g/mol. The van der Waals surface area contributed by atoms with Crippen molar-refractivity contribution >= 4 is 0 Å². The lowest BCUT2D eigenvalue weighted by Crippen LogP contribution is -2.34. The van der Waals surface area contributed by atoms with Gasteiger partial charge in [-0.25, -0.2) is 4.68 Å². The van der Waals surface area contributed by atoms with Crippen molar-refractivity contribution in [3.63, 3.8) is 0 Å². The smallest absolute Gasteiger partial charge is 0.216 e. The van der Waals surface area contributed by atoms with Crippen molar-refractivity contribution in [3.05, 3.63) is 11.3 Å². The van der Waals surface area contributed by atoms with Gasteiger partial charge >= 0.3 is 0 Å². The predicted molar refractivity (Wildman–Crippen MR) is 72.8 cm³/mol. The van der Waals surface area contributed by atoms with E-state index < -0.39 is 0 Å². The second kappa shape index (κ2) is 6.72. The Morgan fingerprint density at radius 1 is 1.50 bits per heavy atom. The Hall–Kier alpha value is -1.11. The number of nitrogens with two attached hydrogens (primary N) is 1. The number of nitrogens with zero attached hydrogens (tertiary/aromatic N) is 3. The Kier molecular flexibility index (Phi) is 5.58. The summed E-state index contributed by atoms with van der Waals surface area (Å²) in [4.78, 5) is 2.13. The van der Waals surface area contributed by atoms with Crippen LogP contribution in [-0.4, -0.2) is 55.5 Å². The van der Waals surface area contributed by atoms with Crippen molar-refractivity contribution in [2.75, 3.05) is 40.8 Å². The number of aromatic nitrogens is 2. The number of aryl methyl sites for hydroxylation is 2. The predicted octanol–water partition coefficient (Wildman–Crippen LogP) is -0.112. The molecule has 1 aromatic rings. The summed E-state index contributed by atoms with van der Waals surface area (Å²) in [6, 6.07) is 0.0774. The third kappa shape index (κ3) is 3.44. The SMILES string of the molecule is COc1c(C(CN)NCCN(C)C)c(C)nn1C. The Labute approximate surface area is 109 Å². The second-order valence-corrected chi connectivity index (χ2v) is 4.68. The van der Waals surface area contributed by atoms with Crippen molar-refractivity contribution in [3.8, 4) is 5.88 Å². The molecular formula is C12H25N5O. The molecule has 6 nitrogen and oxygen atoms in total. The summed E-state index contributed by atoms with van der Waals surface area (Å²) in [5.41, 5.74) is 7.87. The van der Waals surface area contributed by atoms with E-state index in [0.717, 1.165) is 30.2 Å². The topological polar surface area (TPSA) is 68.3 Å². The fourth-order valence-corrected chi connectivity index (χ4v) is 2.06. The summed E-state index contributed by atoms with van der Waals surface area (Å²) in [6.45, 7) is 4.36. The highest BCUT2D eigenvalue weighted by molar-refractivity contribution is 5.34. The van der Waals surface area contributed by atoms with E-state index in [9.17, 15) is 0 Å². The molecule has 0 saturated heterocycles. The lowest BCUT2D eigenvalue weighted by molar-refractivity contribution is 0.356. The standard InChI is InChI=1S/C12H25N5O/c1-9-11(12(18-5)17(4)15-9)10(8-13)14-6-7-16(2)3/h10,14H,6-8,13H2,1-5H3. The highest BCUT2D eigenvalue weighted by atomic mass is 16.5. The maximum Gasteiger partial charge on any atom is 0.216 e. The van der Waals surface area contributed by atoms with Crippen LogP contribution in [0.1, 0.15) is 17.3 Å². The van der Waals surface area contributed by atoms with Gasteiger partial charge < -0.3 is 20.7 Å². The van der Waals surface area contributed by atoms with E-state index >= 15 is 0 Å². The maximum absolute atomic E-state index is 5.85. The average Bonchev–Trinajstić information content (AvgIpc) is 2.59. The minimum atomic E-state index is 0.0774. The van der Waals surface area contributed by atoms with Gasteiger partial charge in [0.05, 0.1) is 24.4 Å². The van der Waals surface area contributed by atoms with E-state index in [4.69, 9.17) is 10.5 Å². The summed E-state index contributed by atoms with van der Waals surface area (Å²) in [7, 11) is 7.64. The molecule has 3 N–H and O–H groups in total. The van der Waals surface area contributed by atoms with Gasteiger partial charge in [0.25, 0.3) is 0 Å². The van der Waals surface area contributed by atoms with E-state index in [2.05, 4.69) is 29.4 Å². The monoisotopic (exact) mass is 255 g/mol. The van der Waals surface area contributed by atoms with Gasteiger partial charge in [-0.05, 0) is 21.0 Å². The molecule has 104 valence electrons. The Morgan fingerprint density at radius 2 is 2.17 bits per heavy atom. The van der Waals surface area contributed by atoms with Gasteiger partial charge in [0.1, 0.15) is 0 Å². The highest BCUT2D eigenvalue weighted by Gasteiger charge is 2.21. The number of hydrogen-bond acceptors (Lipinski definition) is 5. The van der Waals surface area contributed by atoms with Gasteiger partial charge in [0, 0.05) is 26.7 Å². The molecule has 1 atom stereocenters. The van der Waals surface area contributed by atoms with Gasteiger partial charge in [0.15, 0.2) is 0 Å². The number of nitrogens with one attached hydrogen (secondary N) is 1. The quantitative estimate of drug-likeness (QED) is 0.711. The fourth-order valence-electron chi connectivity index (χ4n) is 2.06. The zero-order valence-corrected chi connectivity index (χ0v) is 12.0. The van der Waals surface area contributed by atoms with Crippen molar-refractivity contribution in [1.82, 2.24) is 20.0 Å². The van der Waals surface area contributed by atoms with E-state index in [1.165, 1.54) is 0 Å². The molecule has 1 unspecified atom stereocenters. The molecule has 6 heteroatoms. The molecular weight excluding hydrogens is 230 g/mol. The summed E-state index contributed by atoms with van der Waals surface area (Å²) in [6.07, 6.45) is 0. The van der Waals surface area contributed by atoms with Crippen LogP contribution in [-0.2, 0) is 7.05 Å². The molecule has 1 heterocycles. The lowest BCUT2D eigenvalue weighted by Gasteiger charge is -2.19. The van der Waals surface area contributed by atoms with Gasteiger partial charge in [-0.15, -0.1) is 0 Å². The molecule has 0 radical (unpaired) electrons. The summed E-state index contributed by atoms with van der Waals surface area (Å²) < 4.78 is 7.15. The number of methoxy groups -OCH3 is 1. The molecule has 1 rings (SSSR count).